The molecule has 0 spiro atoms. The number of ether oxygens (including phenoxy) is 7. The molecule has 0 aliphatic carbocycles. The summed E-state index contributed by atoms with van der Waals surface area (Å²) in [5.74, 6) is 10.1. The second kappa shape index (κ2) is 41.5. The highest BCUT2D eigenvalue weighted by molar-refractivity contribution is 5.85. The summed E-state index contributed by atoms with van der Waals surface area (Å²) < 4.78 is 33.6. The highest BCUT2D eigenvalue weighted by Crippen LogP contribution is 2.06. The number of ketones is 1. The van der Waals surface area contributed by atoms with Crippen molar-refractivity contribution in [2.75, 3.05) is 68.6 Å². The van der Waals surface area contributed by atoms with Crippen LogP contribution in [-0.4, -0.2) is 122 Å². The summed E-state index contributed by atoms with van der Waals surface area (Å²) >= 11 is 0. The number of hydrogen-bond donors (Lipinski definition) is 7. The molecule has 0 rings (SSSR count). The van der Waals surface area contributed by atoms with Gasteiger partial charge in [-0.25, -0.2) is 20.4 Å². The van der Waals surface area contributed by atoms with Crippen molar-refractivity contribution in [3.8, 4) is 0 Å². The molecule has 0 radical (unpaired) electrons. The molecule has 306 valence electrons. The van der Waals surface area contributed by atoms with Gasteiger partial charge in [-0.05, 0) is 76.2 Å². The maximum absolute atomic E-state index is 11.1. The van der Waals surface area contributed by atoms with Gasteiger partial charge in [0.2, 0.25) is 0 Å². The largest absolute Gasteiger partial charge is 0.443 e. The van der Waals surface area contributed by atoms with Crippen LogP contribution in [0.15, 0.2) is 5.10 Å². The maximum Gasteiger partial charge on any atom is 0.428 e. The van der Waals surface area contributed by atoms with E-state index >= 15 is 0 Å². The monoisotopic (exact) mass is 774 g/mol. The van der Waals surface area contributed by atoms with Gasteiger partial charge in [0.15, 0.2) is 5.78 Å². The highest BCUT2D eigenvalue weighted by Gasteiger charge is 2.16. The highest BCUT2D eigenvalue weighted by atomic mass is 35.5. The minimum Gasteiger partial charge on any atom is -0.443 e. The average Bonchev–Trinajstić information content (AvgIpc) is 2.95. The fourth-order valence-electron chi connectivity index (χ4n) is 2.26. The molecule has 0 aliphatic rings. The quantitative estimate of drug-likeness (QED) is 0.0719. The lowest BCUT2D eigenvalue weighted by molar-refractivity contribution is -0.120. The zero-order valence-electron chi connectivity index (χ0n) is 33.3. The van der Waals surface area contributed by atoms with Crippen molar-refractivity contribution in [2.24, 2.45) is 16.8 Å². The maximum atomic E-state index is 11.1. The third kappa shape index (κ3) is 68.1. The van der Waals surface area contributed by atoms with E-state index in [1.54, 1.807) is 56.1 Å². The van der Waals surface area contributed by atoms with Crippen LogP contribution in [0.25, 0.3) is 0 Å². The van der Waals surface area contributed by atoms with Crippen LogP contribution >= 0.6 is 24.8 Å². The first-order valence-corrected chi connectivity index (χ1v) is 15.2. The van der Waals surface area contributed by atoms with Gasteiger partial charge in [0.1, 0.15) is 17.8 Å². The Balaban J connectivity index is -0.0000000959. The Morgan fingerprint density at radius 1 is 0.620 bits per heavy atom. The zero-order chi connectivity index (χ0) is 38.8. The Kier molecular flexibility index (Phi) is 52.4. The summed E-state index contributed by atoms with van der Waals surface area (Å²) in [6.07, 6.45) is -1.05. The summed E-state index contributed by atoms with van der Waals surface area (Å²) in [6.45, 7) is 22.3. The molecule has 0 aromatic heterocycles. The molecule has 9 N–H and O–H groups in total. The molecule has 0 bridgehead atoms. The summed E-state index contributed by atoms with van der Waals surface area (Å²) in [5, 5.41) is 3.77. The molecule has 0 aromatic carbocycles. The van der Waals surface area contributed by atoms with Crippen molar-refractivity contribution in [3.63, 3.8) is 0 Å². The van der Waals surface area contributed by atoms with E-state index in [0.717, 1.165) is 0 Å². The fourth-order valence-corrected chi connectivity index (χ4v) is 2.26. The van der Waals surface area contributed by atoms with E-state index < -0.39 is 23.4 Å². The number of amides is 2. The standard InChI is InChI=1S/C9H20N2O3.C9H18N2O3.2C4H12N2O.C4H8O2.2ClH/c2*1-7(6-13-5)10-11-8(12)14-9(2,3)4;2*1-4(6-5)3-7-2;1-4(5)3-6-2;;/h7,10H,6H2,1-5H3,(H,11,12);6H2,1-5H3,(H,11,12);2*4,6H,3,5H2,1-2H3;3H2,1-2H3;2*1H/b;10-7+;;;;;. The van der Waals surface area contributed by atoms with Gasteiger partial charge in [-0.2, -0.15) is 5.10 Å². The van der Waals surface area contributed by atoms with Gasteiger partial charge in [0, 0.05) is 53.7 Å². The second-order valence-corrected chi connectivity index (χ2v) is 12.2. The number of methoxy groups -OCH3 is 5. The Morgan fingerprint density at radius 2 is 0.980 bits per heavy atom. The predicted octanol–water partition coefficient (Wildman–Crippen LogP) is 2.62. The Bertz CT molecular complexity index is 795. The van der Waals surface area contributed by atoms with Crippen molar-refractivity contribution in [1.82, 2.24) is 27.1 Å². The number of nitrogens with zero attached hydrogens (tertiary/aromatic N) is 1. The number of nitrogens with one attached hydrogen (secondary N) is 5. The number of Topliss-reactive ketones (excluding diaryl/α,β-unsaturated/α-hetero) is 1. The van der Waals surface area contributed by atoms with Gasteiger partial charge in [0.05, 0.1) is 32.1 Å². The number of hydrogen-bond acceptors (Lipinski definition) is 16. The van der Waals surface area contributed by atoms with E-state index in [9.17, 15) is 14.4 Å². The summed E-state index contributed by atoms with van der Waals surface area (Å²) in [5.41, 5.74) is 12.2. The smallest absolute Gasteiger partial charge is 0.428 e. The molecule has 50 heavy (non-hydrogen) atoms. The number of carbonyl (C=O) groups is 3. The molecule has 0 fully saturated rings. The molecule has 0 aliphatic heterocycles. The van der Waals surface area contributed by atoms with Crippen molar-refractivity contribution < 1.29 is 47.5 Å². The number of rotatable bonds is 15. The Morgan fingerprint density at radius 3 is 1.24 bits per heavy atom. The van der Waals surface area contributed by atoms with E-state index in [4.69, 9.17) is 40.1 Å². The Labute approximate surface area is 313 Å². The van der Waals surface area contributed by atoms with Crippen molar-refractivity contribution in [3.05, 3.63) is 0 Å². The van der Waals surface area contributed by atoms with Crippen LogP contribution < -0.4 is 38.8 Å². The van der Waals surface area contributed by atoms with Crippen molar-refractivity contribution >= 4 is 48.5 Å². The van der Waals surface area contributed by atoms with E-state index in [2.05, 4.69) is 37.0 Å². The van der Waals surface area contributed by atoms with Gasteiger partial charge >= 0.3 is 12.2 Å². The molecular weight excluding hydrogens is 703 g/mol. The summed E-state index contributed by atoms with van der Waals surface area (Å²) in [7, 11) is 7.96. The molecule has 0 heterocycles. The number of carbonyl (C=O) groups excluding carboxylic acids is 3. The zero-order valence-corrected chi connectivity index (χ0v) is 34.9. The average molecular weight is 776 g/mol. The predicted molar refractivity (Wildman–Crippen MR) is 203 cm³/mol. The first-order valence-electron chi connectivity index (χ1n) is 15.2. The number of hydrazone groups is 1. The normalized spacial score (nSPS) is 12.2. The third-order valence-corrected chi connectivity index (χ3v) is 4.08. The van der Waals surface area contributed by atoms with Crippen molar-refractivity contribution in [2.45, 2.75) is 105 Å². The SMILES string of the molecule is COC/C(C)=N/NC(=O)OC(C)(C)C.COCC(C)=O.COCC(C)NN.COCC(C)NN.COCC(C)NNC(=O)OC(C)(C)C.Cl.Cl. The molecule has 18 nitrogen and oxygen atoms in total. The lowest BCUT2D eigenvalue weighted by atomic mass is 10.2. The lowest BCUT2D eigenvalue weighted by Crippen LogP contribution is -2.46. The number of nitrogens with two attached hydrogens (primary N) is 2. The van der Waals surface area contributed by atoms with E-state index in [1.807, 2.05) is 41.5 Å². The van der Waals surface area contributed by atoms with Crippen LogP contribution in [0.5, 0.6) is 0 Å². The first kappa shape index (κ1) is 63.1. The van der Waals surface area contributed by atoms with E-state index in [0.29, 0.717) is 32.1 Å². The molecule has 2 amide bonds. The first-order chi connectivity index (χ1) is 22.1. The van der Waals surface area contributed by atoms with Gasteiger partial charge in [-0.3, -0.25) is 32.8 Å². The molecule has 20 heteroatoms. The van der Waals surface area contributed by atoms with Gasteiger partial charge in [0.25, 0.3) is 0 Å². The van der Waals surface area contributed by atoms with Crippen LogP contribution in [0.1, 0.15) is 76.2 Å². The third-order valence-electron chi connectivity index (χ3n) is 4.08. The lowest BCUT2D eigenvalue weighted by Gasteiger charge is -2.21. The van der Waals surface area contributed by atoms with Crippen molar-refractivity contribution in [1.29, 1.82) is 0 Å². The number of hydrazine groups is 3. The van der Waals surface area contributed by atoms with E-state index in [-0.39, 0.29) is 55.3 Å². The molecule has 3 atom stereocenters. The van der Waals surface area contributed by atoms with Gasteiger partial charge in [-0.1, -0.05) is 0 Å². The molecule has 0 saturated carbocycles. The Hall–Kier alpha value is -1.94. The number of halogens is 2. The van der Waals surface area contributed by atoms with Gasteiger partial charge in [-0.15, -0.1) is 24.8 Å². The van der Waals surface area contributed by atoms with Crippen LogP contribution in [0, 0.1) is 0 Å². The molecule has 0 aromatic rings. The van der Waals surface area contributed by atoms with Crippen LogP contribution in [-0.2, 0) is 38.0 Å². The molecule has 0 saturated heterocycles. The van der Waals surface area contributed by atoms with E-state index in [1.165, 1.54) is 14.0 Å². The fraction of sp³-hybridized carbons (Fsp3) is 0.867. The van der Waals surface area contributed by atoms with Gasteiger partial charge < -0.3 is 33.2 Å². The summed E-state index contributed by atoms with van der Waals surface area (Å²) in [4.78, 5) is 32.1. The molecule has 3 unspecified atom stereocenters. The topological polar surface area (TPSA) is 240 Å². The second-order valence-electron chi connectivity index (χ2n) is 12.2. The molecular formula is C30H72Cl2N8O10. The minimum absolute atomic E-state index is 0. The van der Waals surface area contributed by atoms with Crippen LogP contribution in [0.3, 0.4) is 0 Å². The summed E-state index contributed by atoms with van der Waals surface area (Å²) in [6, 6.07) is 0.558. The minimum atomic E-state index is -0.562. The van der Waals surface area contributed by atoms with Crippen LogP contribution in [0.4, 0.5) is 9.59 Å². The van der Waals surface area contributed by atoms with Crippen LogP contribution in [0.2, 0.25) is 0 Å².